The topological polar surface area (TPSA) is 26.0 Å². The van der Waals surface area contributed by atoms with E-state index in [1.165, 1.54) is 6.92 Å². The Balaban J connectivity index is 3.08. The van der Waals surface area contributed by atoms with Gasteiger partial charge in [-0.25, -0.2) is 0 Å². The summed E-state index contributed by atoms with van der Waals surface area (Å²) in [5, 5.41) is 0. The predicted molar refractivity (Wildman–Crippen MR) is 43.8 cm³/mol. The van der Waals surface area contributed by atoms with Gasteiger partial charge in [0.05, 0.1) is 0 Å². The van der Waals surface area contributed by atoms with E-state index in [0.29, 0.717) is 5.56 Å². The summed E-state index contributed by atoms with van der Waals surface area (Å²) in [5.74, 6) is 0. The molecule has 0 radical (unpaired) electrons. The third-order valence-electron chi connectivity index (χ3n) is 1.12. The van der Waals surface area contributed by atoms with Crippen LogP contribution in [0.4, 0.5) is 0 Å². The molecule has 0 fully saturated rings. The summed E-state index contributed by atoms with van der Waals surface area (Å²) < 4.78 is 22.8. The van der Waals surface area contributed by atoms with Crippen molar-refractivity contribution in [1.82, 2.24) is 0 Å². The van der Waals surface area contributed by atoms with Crippen LogP contribution in [0.2, 0.25) is 0 Å². The Hall–Kier alpha value is -0.820. The average molecular weight is 138 g/mol. The first-order valence-electron chi connectivity index (χ1n) is 4.70. The van der Waals surface area contributed by atoms with E-state index < -0.39 is 12.4 Å². The fourth-order valence-corrected chi connectivity index (χ4v) is 0.749. The zero-order valence-electron chi connectivity index (χ0n) is 8.96. The highest BCUT2D eigenvalue weighted by molar-refractivity contribution is 5.15. The summed E-state index contributed by atoms with van der Waals surface area (Å²) in [7, 11) is 0. The van der Waals surface area contributed by atoms with Gasteiger partial charge in [0.1, 0.15) is 0 Å². The van der Waals surface area contributed by atoms with Gasteiger partial charge < -0.3 is 5.73 Å². The number of benzene rings is 1. The van der Waals surface area contributed by atoms with Crippen molar-refractivity contribution in [3.8, 4) is 0 Å². The van der Waals surface area contributed by atoms with Crippen LogP contribution in [0.1, 0.15) is 16.6 Å². The van der Waals surface area contributed by atoms with E-state index in [9.17, 15) is 0 Å². The maximum absolute atomic E-state index is 7.67. The smallest absolute Gasteiger partial charge is 0.0463 e. The van der Waals surface area contributed by atoms with Crippen molar-refractivity contribution in [2.45, 2.75) is 19.3 Å². The van der Waals surface area contributed by atoms with Gasteiger partial charge >= 0.3 is 0 Å². The van der Waals surface area contributed by atoms with Crippen LogP contribution < -0.4 is 5.73 Å². The Morgan fingerprint density at radius 3 is 2.70 bits per heavy atom. The van der Waals surface area contributed by atoms with Crippen molar-refractivity contribution in [3.05, 3.63) is 35.9 Å². The molecule has 1 aromatic rings. The molecule has 0 aliphatic rings. The Morgan fingerprint density at radius 1 is 1.60 bits per heavy atom. The molecule has 10 heavy (non-hydrogen) atoms. The second-order valence-electron chi connectivity index (χ2n) is 2.17. The maximum atomic E-state index is 7.67. The first-order chi connectivity index (χ1) is 5.86. The summed E-state index contributed by atoms with van der Waals surface area (Å²) in [4.78, 5) is 0. The summed E-state index contributed by atoms with van der Waals surface area (Å²) >= 11 is 0. The van der Waals surface area contributed by atoms with Crippen LogP contribution >= 0.6 is 0 Å². The zero-order chi connectivity index (χ0) is 10.1. The Morgan fingerprint density at radius 2 is 2.20 bits per heavy atom. The first kappa shape index (κ1) is 4.14. The van der Waals surface area contributed by atoms with E-state index in [0.717, 1.165) is 0 Å². The Labute approximate surface area is 66.1 Å². The van der Waals surface area contributed by atoms with E-state index in [4.69, 9.17) is 9.85 Å². The molecule has 54 valence electrons. The van der Waals surface area contributed by atoms with Crippen molar-refractivity contribution < 1.29 is 4.11 Å². The van der Waals surface area contributed by atoms with Gasteiger partial charge in [-0.2, -0.15) is 0 Å². The third kappa shape index (κ3) is 2.19. The van der Waals surface area contributed by atoms with Crippen molar-refractivity contribution >= 4 is 0 Å². The molecule has 0 spiro atoms. The molecule has 1 atom stereocenters. The molecule has 0 aliphatic heterocycles. The zero-order valence-corrected chi connectivity index (χ0v) is 5.96. The summed E-state index contributed by atoms with van der Waals surface area (Å²) in [6, 6.07) is 6.93. The van der Waals surface area contributed by atoms with Crippen molar-refractivity contribution in [2.75, 3.05) is 0 Å². The van der Waals surface area contributed by atoms with Crippen LogP contribution in [-0.2, 0) is 6.37 Å². The molecule has 0 saturated carbocycles. The van der Waals surface area contributed by atoms with Crippen LogP contribution in [-0.4, -0.2) is 6.02 Å². The van der Waals surface area contributed by atoms with Gasteiger partial charge in [-0.05, 0) is 18.9 Å². The van der Waals surface area contributed by atoms with Gasteiger partial charge in [0.15, 0.2) is 0 Å². The fourth-order valence-electron chi connectivity index (χ4n) is 0.749. The summed E-state index contributed by atoms with van der Waals surface area (Å²) in [6.45, 7) is 1.36. The summed E-state index contributed by atoms with van der Waals surface area (Å²) in [6.07, 6.45) is -1.83. The van der Waals surface area contributed by atoms with E-state index >= 15 is 0 Å². The van der Waals surface area contributed by atoms with E-state index in [1.807, 2.05) is 0 Å². The quantitative estimate of drug-likeness (QED) is 0.659. The van der Waals surface area contributed by atoms with Crippen LogP contribution in [0.5, 0.6) is 0 Å². The maximum Gasteiger partial charge on any atom is 0.0463 e. The van der Waals surface area contributed by atoms with Crippen molar-refractivity contribution in [1.29, 1.82) is 0 Å². The van der Waals surface area contributed by atoms with Gasteiger partial charge in [-0.3, -0.25) is 0 Å². The van der Waals surface area contributed by atoms with Gasteiger partial charge in [0, 0.05) is 10.1 Å². The van der Waals surface area contributed by atoms with Crippen LogP contribution in [0, 0.1) is 0 Å². The standard InChI is InChI=1S/C9H13N/c1-8(10)7-9-5-3-2-4-6-9/h2-6,8H,7,10H2,1H3/i7D2,8D. The molecule has 1 unspecified atom stereocenters. The lowest BCUT2D eigenvalue weighted by molar-refractivity contribution is 0.738. The minimum atomic E-state index is -1.83. The highest BCUT2D eigenvalue weighted by Crippen LogP contribution is 2.00. The number of nitrogens with two attached hydrogens (primary N) is 1. The molecule has 1 nitrogen and oxygen atoms in total. The number of hydrogen-bond donors (Lipinski definition) is 1. The molecular formula is C9H13N. The highest BCUT2D eigenvalue weighted by atomic mass is 14.6. The SMILES string of the molecule is [2H]C(C)(N)C([2H])([2H])c1ccccc1. The van der Waals surface area contributed by atoms with Crippen molar-refractivity contribution in [3.63, 3.8) is 0 Å². The molecule has 1 heteroatoms. The molecule has 1 rings (SSSR count). The molecule has 0 bridgehead atoms. The summed E-state index contributed by atoms with van der Waals surface area (Å²) in [5.41, 5.74) is 5.88. The van der Waals surface area contributed by atoms with Crippen LogP contribution in [0.15, 0.2) is 30.3 Å². The molecule has 2 N–H and O–H groups in total. The monoisotopic (exact) mass is 138 g/mol. The molecular weight excluding hydrogens is 122 g/mol. The minimum absolute atomic E-state index is 0.440. The van der Waals surface area contributed by atoms with Gasteiger partial charge in [0.2, 0.25) is 0 Å². The molecule has 0 aliphatic carbocycles. The third-order valence-corrected chi connectivity index (χ3v) is 1.12. The molecule has 0 heterocycles. The normalized spacial score (nSPS) is 22.0. The van der Waals surface area contributed by atoms with E-state index in [1.54, 1.807) is 30.3 Å². The van der Waals surface area contributed by atoms with E-state index in [2.05, 4.69) is 0 Å². The average Bonchev–Trinajstić information content (AvgIpc) is 2.04. The second kappa shape index (κ2) is 3.37. The Kier molecular flexibility index (Phi) is 1.40. The van der Waals surface area contributed by atoms with Crippen LogP contribution in [0.25, 0.3) is 0 Å². The van der Waals surface area contributed by atoms with Gasteiger partial charge in [-0.15, -0.1) is 0 Å². The first-order valence-corrected chi connectivity index (χ1v) is 3.20. The van der Waals surface area contributed by atoms with Crippen LogP contribution in [0.3, 0.4) is 0 Å². The largest absolute Gasteiger partial charge is 0.328 e. The van der Waals surface area contributed by atoms with Gasteiger partial charge in [0.25, 0.3) is 0 Å². The lowest BCUT2D eigenvalue weighted by Crippen LogP contribution is -2.17. The number of hydrogen-bond acceptors (Lipinski definition) is 1. The van der Waals surface area contributed by atoms with Gasteiger partial charge in [-0.1, -0.05) is 30.3 Å². The fraction of sp³-hybridized carbons (Fsp3) is 0.333. The molecule has 0 aromatic heterocycles. The second-order valence-corrected chi connectivity index (χ2v) is 2.17. The molecule has 1 aromatic carbocycles. The number of rotatable bonds is 2. The molecule has 0 amide bonds. The lowest BCUT2D eigenvalue weighted by Gasteiger charge is -2.02. The Bertz CT molecular complexity index is 277. The highest BCUT2D eigenvalue weighted by Gasteiger charge is 1.94. The lowest BCUT2D eigenvalue weighted by atomic mass is 10.1. The minimum Gasteiger partial charge on any atom is -0.328 e. The predicted octanol–water partition coefficient (Wildman–Crippen LogP) is 1.58. The molecule has 0 saturated heterocycles. The van der Waals surface area contributed by atoms with E-state index in [-0.39, 0.29) is 0 Å². The van der Waals surface area contributed by atoms with Crippen molar-refractivity contribution in [2.24, 2.45) is 5.73 Å².